The predicted octanol–water partition coefficient (Wildman–Crippen LogP) is 5.61. The zero-order valence-electron chi connectivity index (χ0n) is 19.3. The Balaban J connectivity index is 1.42. The molecule has 4 rings (SSSR count). The molecule has 1 aromatic heterocycles. The molecular weight excluding hydrogens is 454 g/mol. The Hall–Kier alpha value is -4.16. The second-order valence-electron chi connectivity index (χ2n) is 7.94. The van der Waals surface area contributed by atoms with Gasteiger partial charge < -0.3 is 0 Å². The summed E-state index contributed by atoms with van der Waals surface area (Å²) in [5.41, 5.74) is 9.98. The van der Waals surface area contributed by atoms with Gasteiger partial charge in [-0.25, -0.2) is 0 Å². The minimum Gasteiger partial charge on any atom is -0.273 e. The van der Waals surface area contributed by atoms with Crippen molar-refractivity contribution in [2.75, 3.05) is 0 Å². The lowest BCUT2D eigenvalue weighted by molar-refractivity contribution is -0.121. The summed E-state index contributed by atoms with van der Waals surface area (Å²) < 4.78 is 0. The number of aryl methyl sites for hydroxylation is 1. The zero-order valence-corrected chi connectivity index (χ0v) is 20.1. The van der Waals surface area contributed by atoms with Gasteiger partial charge in [-0.15, -0.1) is 0 Å². The third-order valence-corrected chi connectivity index (χ3v) is 6.62. The van der Waals surface area contributed by atoms with E-state index < -0.39 is 0 Å². The van der Waals surface area contributed by atoms with Gasteiger partial charge in [-0.3, -0.25) is 25.4 Å². The van der Waals surface area contributed by atoms with Crippen LogP contribution in [-0.2, 0) is 11.2 Å². The Bertz CT molecular complexity index is 1350. The molecule has 1 heterocycles. The highest BCUT2D eigenvalue weighted by molar-refractivity contribution is 7.99. The van der Waals surface area contributed by atoms with Crippen LogP contribution >= 0.6 is 11.8 Å². The van der Waals surface area contributed by atoms with E-state index in [1.807, 2.05) is 85.8 Å². The summed E-state index contributed by atoms with van der Waals surface area (Å²) in [6.07, 6.45) is 1.95. The number of aromatic nitrogens is 1. The van der Waals surface area contributed by atoms with Crippen LogP contribution in [0, 0.1) is 6.92 Å². The molecule has 174 valence electrons. The minimum atomic E-state index is -0.366. The Morgan fingerprint density at radius 3 is 2.34 bits per heavy atom. The van der Waals surface area contributed by atoms with Crippen LogP contribution in [-0.4, -0.2) is 16.8 Å². The number of nitrogens with zero attached hydrogens (tertiary/aromatic N) is 1. The highest BCUT2D eigenvalue weighted by Crippen LogP contribution is 2.36. The fourth-order valence-corrected chi connectivity index (χ4v) is 4.57. The summed E-state index contributed by atoms with van der Waals surface area (Å²) in [4.78, 5) is 31.2. The number of carbonyl (C=O) groups is 2. The summed E-state index contributed by atoms with van der Waals surface area (Å²) in [6.45, 7) is 6.22. The van der Waals surface area contributed by atoms with Crippen LogP contribution in [0.25, 0.3) is 5.57 Å². The molecule has 0 spiro atoms. The first kappa shape index (κ1) is 24.0. The van der Waals surface area contributed by atoms with Crippen LogP contribution < -0.4 is 10.9 Å². The molecule has 0 unspecified atom stereocenters. The van der Waals surface area contributed by atoms with E-state index >= 15 is 0 Å². The number of hydrazine groups is 1. The number of pyridine rings is 1. The van der Waals surface area contributed by atoms with Crippen LogP contribution in [0.15, 0.2) is 114 Å². The van der Waals surface area contributed by atoms with Crippen molar-refractivity contribution in [3.05, 3.63) is 132 Å². The number of rotatable bonds is 7. The van der Waals surface area contributed by atoms with Gasteiger partial charge in [0.1, 0.15) is 0 Å². The van der Waals surface area contributed by atoms with E-state index in [0.29, 0.717) is 5.56 Å². The van der Waals surface area contributed by atoms with Crippen molar-refractivity contribution < 1.29 is 9.59 Å². The molecule has 0 atom stereocenters. The Labute approximate surface area is 209 Å². The van der Waals surface area contributed by atoms with E-state index in [-0.39, 0.29) is 18.2 Å². The molecule has 2 N–H and O–H groups in total. The molecule has 6 heteroatoms. The Kier molecular flexibility index (Phi) is 7.75. The average molecular weight is 480 g/mol. The van der Waals surface area contributed by atoms with E-state index in [9.17, 15) is 9.59 Å². The second-order valence-corrected chi connectivity index (χ2v) is 9.02. The van der Waals surface area contributed by atoms with Gasteiger partial charge in [0.25, 0.3) is 5.91 Å². The van der Waals surface area contributed by atoms with Gasteiger partial charge in [0, 0.05) is 27.1 Å². The van der Waals surface area contributed by atoms with Crippen molar-refractivity contribution in [1.29, 1.82) is 0 Å². The SMILES string of the molecule is C=C(c1ccccn1)c1ccccc1Sc1ccc(C(=O)NNC(=O)Cc2ccccc2)cc1C. The number of hydrogen-bond donors (Lipinski definition) is 2. The molecule has 0 aliphatic carbocycles. The molecule has 0 saturated carbocycles. The van der Waals surface area contributed by atoms with Crippen molar-refractivity contribution in [2.24, 2.45) is 0 Å². The summed E-state index contributed by atoms with van der Waals surface area (Å²) in [6, 6.07) is 28.7. The van der Waals surface area contributed by atoms with Crippen LogP contribution in [0.4, 0.5) is 0 Å². The summed E-state index contributed by atoms with van der Waals surface area (Å²) in [5, 5.41) is 0. The van der Waals surface area contributed by atoms with Crippen LogP contribution in [0.3, 0.4) is 0 Å². The fraction of sp³-hybridized carbons (Fsp3) is 0.0690. The zero-order chi connectivity index (χ0) is 24.6. The predicted molar refractivity (Wildman–Crippen MR) is 140 cm³/mol. The van der Waals surface area contributed by atoms with E-state index in [4.69, 9.17) is 0 Å². The van der Waals surface area contributed by atoms with E-state index in [1.165, 1.54) is 0 Å². The normalized spacial score (nSPS) is 10.4. The molecule has 0 radical (unpaired) electrons. The second kappa shape index (κ2) is 11.3. The maximum Gasteiger partial charge on any atom is 0.269 e. The van der Waals surface area contributed by atoms with Gasteiger partial charge in [0.05, 0.1) is 12.1 Å². The molecule has 2 amide bonds. The highest BCUT2D eigenvalue weighted by atomic mass is 32.2. The first-order valence-corrected chi connectivity index (χ1v) is 11.9. The number of benzene rings is 3. The lowest BCUT2D eigenvalue weighted by atomic mass is 10.0. The van der Waals surface area contributed by atoms with E-state index in [0.717, 1.165) is 37.7 Å². The summed E-state index contributed by atoms with van der Waals surface area (Å²) in [5.74, 6) is -0.645. The van der Waals surface area contributed by atoms with Crippen LogP contribution in [0.1, 0.15) is 32.7 Å². The molecule has 0 saturated heterocycles. The monoisotopic (exact) mass is 479 g/mol. The van der Waals surface area contributed by atoms with Crippen molar-refractivity contribution in [3.63, 3.8) is 0 Å². The smallest absolute Gasteiger partial charge is 0.269 e. The lowest BCUT2D eigenvalue weighted by Crippen LogP contribution is -2.42. The highest BCUT2D eigenvalue weighted by Gasteiger charge is 2.13. The number of carbonyl (C=O) groups excluding carboxylic acids is 2. The van der Waals surface area contributed by atoms with Crippen LogP contribution in [0.2, 0.25) is 0 Å². The van der Waals surface area contributed by atoms with E-state index in [1.54, 1.807) is 24.0 Å². The number of amides is 2. The average Bonchev–Trinajstić information content (AvgIpc) is 2.89. The molecule has 4 aromatic rings. The number of nitrogens with one attached hydrogen (secondary N) is 2. The Morgan fingerprint density at radius 2 is 1.60 bits per heavy atom. The standard InChI is InChI=1S/C29H25N3O2S/c1-20-18-23(29(34)32-31-28(33)19-22-10-4-3-5-11-22)15-16-26(20)35-27-14-7-6-12-24(27)21(2)25-13-8-9-17-30-25/h3-18H,2,19H2,1H3,(H,31,33)(H,32,34). The summed E-state index contributed by atoms with van der Waals surface area (Å²) in [7, 11) is 0. The molecule has 0 fully saturated rings. The first-order chi connectivity index (χ1) is 17.0. The van der Waals surface area contributed by atoms with Crippen LogP contribution in [0.5, 0.6) is 0 Å². The van der Waals surface area contributed by atoms with Crippen molar-refractivity contribution in [1.82, 2.24) is 15.8 Å². The third-order valence-electron chi connectivity index (χ3n) is 5.37. The van der Waals surface area contributed by atoms with Crippen molar-refractivity contribution in [3.8, 4) is 0 Å². The maximum atomic E-state index is 12.6. The third kappa shape index (κ3) is 6.25. The van der Waals surface area contributed by atoms with Crippen molar-refractivity contribution in [2.45, 2.75) is 23.1 Å². The van der Waals surface area contributed by atoms with Gasteiger partial charge in [-0.1, -0.05) is 72.9 Å². The lowest BCUT2D eigenvalue weighted by Gasteiger charge is -2.13. The maximum absolute atomic E-state index is 12.6. The number of hydrogen-bond acceptors (Lipinski definition) is 4. The van der Waals surface area contributed by atoms with Gasteiger partial charge in [-0.2, -0.15) is 0 Å². The van der Waals surface area contributed by atoms with Crippen molar-refractivity contribution >= 4 is 29.1 Å². The molecule has 0 aliphatic heterocycles. The topological polar surface area (TPSA) is 71.1 Å². The minimum absolute atomic E-state index is 0.193. The quantitative estimate of drug-likeness (QED) is 0.338. The molecule has 3 aromatic carbocycles. The fourth-order valence-electron chi connectivity index (χ4n) is 3.53. The Morgan fingerprint density at radius 1 is 0.857 bits per heavy atom. The largest absolute Gasteiger partial charge is 0.273 e. The van der Waals surface area contributed by atoms with Gasteiger partial charge >= 0.3 is 0 Å². The van der Waals surface area contributed by atoms with E-state index in [2.05, 4.69) is 28.5 Å². The molecule has 0 bridgehead atoms. The molecule has 35 heavy (non-hydrogen) atoms. The molecule has 0 aliphatic rings. The molecular formula is C29H25N3O2S. The van der Waals surface area contributed by atoms with Gasteiger partial charge in [0.2, 0.25) is 5.91 Å². The first-order valence-electron chi connectivity index (χ1n) is 11.1. The molecule has 5 nitrogen and oxygen atoms in total. The summed E-state index contributed by atoms with van der Waals surface area (Å²) >= 11 is 1.61. The van der Waals surface area contributed by atoms with Gasteiger partial charge in [-0.05, 0) is 60.0 Å². The van der Waals surface area contributed by atoms with Gasteiger partial charge in [0.15, 0.2) is 0 Å².